The van der Waals surface area contributed by atoms with E-state index in [0.29, 0.717) is 13.2 Å². The third-order valence-corrected chi connectivity index (χ3v) is 2.67. The van der Waals surface area contributed by atoms with Crippen molar-refractivity contribution in [1.82, 2.24) is 4.98 Å². The molecule has 2 rings (SSSR count). The van der Waals surface area contributed by atoms with Crippen molar-refractivity contribution >= 4 is 22.6 Å². The molecule has 19 heavy (non-hydrogen) atoms. The average Bonchev–Trinajstić information content (AvgIpc) is 2.42. The number of nitrogens with one attached hydrogen (secondary N) is 1. The summed E-state index contributed by atoms with van der Waals surface area (Å²) in [6.07, 6.45) is 1.79. The van der Waals surface area contributed by atoms with E-state index in [4.69, 9.17) is 9.84 Å². The van der Waals surface area contributed by atoms with Gasteiger partial charge in [0.15, 0.2) is 0 Å². The maximum Gasteiger partial charge on any atom is 0.305 e. The number of nitrogens with zero attached hydrogens (tertiary/aromatic N) is 1. The Labute approximate surface area is 111 Å². The van der Waals surface area contributed by atoms with Crippen molar-refractivity contribution < 1.29 is 14.6 Å². The van der Waals surface area contributed by atoms with Crippen LogP contribution < -0.4 is 5.32 Å². The third-order valence-electron chi connectivity index (χ3n) is 2.67. The highest BCUT2D eigenvalue weighted by Crippen LogP contribution is 2.19. The summed E-state index contributed by atoms with van der Waals surface area (Å²) in [5, 5.41) is 13.8. The molecule has 0 bridgehead atoms. The quantitative estimate of drug-likeness (QED) is 0.746. The molecular formula is C14H16N2O3. The fraction of sp³-hybridized carbons (Fsp3) is 0.286. The van der Waals surface area contributed by atoms with Gasteiger partial charge in [0.25, 0.3) is 0 Å². The van der Waals surface area contributed by atoms with Crippen LogP contribution in [0, 0.1) is 0 Å². The molecule has 0 radical (unpaired) electrons. The second kappa shape index (κ2) is 6.70. The van der Waals surface area contributed by atoms with Gasteiger partial charge < -0.3 is 15.2 Å². The monoisotopic (exact) mass is 260 g/mol. The molecule has 0 atom stereocenters. The van der Waals surface area contributed by atoms with Crippen LogP contribution in [0.4, 0.5) is 5.82 Å². The molecule has 0 amide bonds. The van der Waals surface area contributed by atoms with Gasteiger partial charge in [-0.15, -0.1) is 0 Å². The smallest absolute Gasteiger partial charge is 0.305 e. The van der Waals surface area contributed by atoms with Gasteiger partial charge >= 0.3 is 5.97 Å². The Morgan fingerprint density at radius 2 is 2.11 bits per heavy atom. The van der Waals surface area contributed by atoms with E-state index in [9.17, 15) is 4.79 Å². The van der Waals surface area contributed by atoms with Gasteiger partial charge in [0.05, 0.1) is 19.6 Å². The number of benzene rings is 1. The minimum absolute atomic E-state index is 0.0342. The maximum absolute atomic E-state index is 10.3. The molecule has 0 saturated carbocycles. The summed E-state index contributed by atoms with van der Waals surface area (Å²) in [7, 11) is 0. The number of aliphatic carboxylic acids is 1. The van der Waals surface area contributed by atoms with Crippen LogP contribution in [0.15, 0.2) is 36.5 Å². The van der Waals surface area contributed by atoms with E-state index in [-0.39, 0.29) is 13.0 Å². The summed E-state index contributed by atoms with van der Waals surface area (Å²) in [6, 6.07) is 9.96. The molecule has 100 valence electrons. The van der Waals surface area contributed by atoms with Crippen molar-refractivity contribution in [3.63, 3.8) is 0 Å². The Kier molecular flexibility index (Phi) is 4.69. The van der Waals surface area contributed by atoms with Crippen molar-refractivity contribution in [3.05, 3.63) is 36.5 Å². The number of hydrogen-bond donors (Lipinski definition) is 2. The lowest BCUT2D eigenvalue weighted by atomic mass is 10.1. The summed E-state index contributed by atoms with van der Waals surface area (Å²) >= 11 is 0. The Balaban J connectivity index is 1.83. The van der Waals surface area contributed by atoms with Gasteiger partial charge in [-0.3, -0.25) is 4.79 Å². The van der Waals surface area contributed by atoms with E-state index in [1.165, 1.54) is 0 Å². The van der Waals surface area contributed by atoms with Crippen LogP contribution in [0.25, 0.3) is 10.8 Å². The van der Waals surface area contributed by atoms with Crippen LogP contribution in [0.5, 0.6) is 0 Å². The van der Waals surface area contributed by atoms with Crippen LogP contribution in [-0.2, 0) is 9.53 Å². The predicted molar refractivity (Wildman–Crippen MR) is 73.3 cm³/mol. The SMILES string of the molecule is O=C(O)CCOCCNc1nccc2ccccc12. The minimum atomic E-state index is -0.844. The van der Waals surface area contributed by atoms with E-state index < -0.39 is 5.97 Å². The highest BCUT2D eigenvalue weighted by molar-refractivity contribution is 5.91. The molecule has 0 aliphatic heterocycles. The Morgan fingerprint density at radius 1 is 1.26 bits per heavy atom. The molecule has 1 heterocycles. The van der Waals surface area contributed by atoms with Crippen molar-refractivity contribution in [2.45, 2.75) is 6.42 Å². The molecule has 0 fully saturated rings. The lowest BCUT2D eigenvalue weighted by molar-refractivity contribution is -0.138. The first-order valence-corrected chi connectivity index (χ1v) is 6.14. The standard InChI is InChI=1S/C14H16N2O3/c17-13(18)6-9-19-10-8-16-14-12-4-2-1-3-11(12)5-7-15-14/h1-5,7H,6,8-10H2,(H,15,16)(H,17,18). The number of aromatic nitrogens is 1. The number of hydrogen-bond acceptors (Lipinski definition) is 4. The van der Waals surface area contributed by atoms with E-state index in [1.807, 2.05) is 30.3 Å². The number of carbonyl (C=O) groups is 1. The number of fused-ring (bicyclic) bond motifs is 1. The zero-order valence-corrected chi connectivity index (χ0v) is 10.5. The highest BCUT2D eigenvalue weighted by Gasteiger charge is 2.01. The molecule has 1 aromatic heterocycles. The van der Waals surface area contributed by atoms with Crippen LogP contribution >= 0.6 is 0 Å². The first kappa shape index (κ1) is 13.3. The lowest BCUT2D eigenvalue weighted by Gasteiger charge is -2.08. The molecule has 1 aromatic carbocycles. The molecule has 2 aromatic rings. The van der Waals surface area contributed by atoms with Gasteiger partial charge in [0, 0.05) is 18.1 Å². The van der Waals surface area contributed by atoms with Crippen molar-refractivity contribution in [2.75, 3.05) is 25.1 Å². The molecule has 0 unspecified atom stereocenters. The molecule has 0 aliphatic rings. The summed E-state index contributed by atoms with van der Waals surface area (Å²) in [6.45, 7) is 1.29. The Hall–Kier alpha value is -2.14. The highest BCUT2D eigenvalue weighted by atomic mass is 16.5. The largest absolute Gasteiger partial charge is 0.481 e. The molecular weight excluding hydrogens is 244 g/mol. The second-order valence-electron chi connectivity index (χ2n) is 4.06. The van der Waals surface area contributed by atoms with Gasteiger partial charge in [-0.1, -0.05) is 24.3 Å². The summed E-state index contributed by atoms with van der Waals surface area (Å²) < 4.78 is 5.21. The lowest BCUT2D eigenvalue weighted by Crippen LogP contribution is -2.12. The van der Waals surface area contributed by atoms with Crippen LogP contribution in [0.1, 0.15) is 6.42 Å². The third kappa shape index (κ3) is 3.93. The van der Waals surface area contributed by atoms with Gasteiger partial charge in [0.1, 0.15) is 5.82 Å². The topological polar surface area (TPSA) is 71.5 Å². The first-order valence-electron chi connectivity index (χ1n) is 6.14. The summed E-state index contributed by atoms with van der Waals surface area (Å²) in [5.41, 5.74) is 0. The van der Waals surface area contributed by atoms with Crippen molar-refractivity contribution in [1.29, 1.82) is 0 Å². The van der Waals surface area contributed by atoms with E-state index in [2.05, 4.69) is 10.3 Å². The number of ether oxygens (including phenoxy) is 1. The van der Waals surface area contributed by atoms with Crippen molar-refractivity contribution in [2.24, 2.45) is 0 Å². The van der Waals surface area contributed by atoms with Crippen molar-refractivity contribution in [3.8, 4) is 0 Å². The molecule has 0 aliphatic carbocycles. The normalized spacial score (nSPS) is 10.5. The van der Waals surface area contributed by atoms with Crippen LogP contribution in [0.2, 0.25) is 0 Å². The fourth-order valence-electron chi connectivity index (χ4n) is 1.76. The van der Waals surface area contributed by atoms with E-state index in [1.54, 1.807) is 6.20 Å². The average molecular weight is 260 g/mol. The fourth-order valence-corrected chi connectivity index (χ4v) is 1.76. The van der Waals surface area contributed by atoms with E-state index >= 15 is 0 Å². The molecule has 0 saturated heterocycles. The number of anilines is 1. The molecule has 0 spiro atoms. The number of rotatable bonds is 7. The zero-order valence-electron chi connectivity index (χ0n) is 10.5. The van der Waals surface area contributed by atoms with Gasteiger partial charge in [-0.2, -0.15) is 0 Å². The summed E-state index contributed by atoms with van der Waals surface area (Å²) in [4.78, 5) is 14.6. The second-order valence-corrected chi connectivity index (χ2v) is 4.06. The minimum Gasteiger partial charge on any atom is -0.481 e. The number of carboxylic acid groups (broad SMARTS) is 1. The maximum atomic E-state index is 10.3. The van der Waals surface area contributed by atoms with E-state index in [0.717, 1.165) is 16.6 Å². The molecule has 5 nitrogen and oxygen atoms in total. The van der Waals surface area contributed by atoms with Gasteiger partial charge in [-0.05, 0) is 11.5 Å². The first-order chi connectivity index (χ1) is 9.27. The number of carboxylic acids is 1. The van der Waals surface area contributed by atoms with Crippen LogP contribution in [-0.4, -0.2) is 35.8 Å². The Morgan fingerprint density at radius 3 is 2.95 bits per heavy atom. The predicted octanol–water partition coefficient (Wildman–Crippen LogP) is 2.14. The summed E-state index contributed by atoms with van der Waals surface area (Å²) in [5.74, 6) is -0.0244. The molecule has 5 heteroatoms. The Bertz CT molecular complexity index is 552. The van der Waals surface area contributed by atoms with Crippen LogP contribution in [0.3, 0.4) is 0 Å². The zero-order chi connectivity index (χ0) is 13.5. The van der Waals surface area contributed by atoms with Gasteiger partial charge in [0.2, 0.25) is 0 Å². The number of pyridine rings is 1. The molecule has 2 N–H and O–H groups in total. The van der Waals surface area contributed by atoms with Gasteiger partial charge in [-0.25, -0.2) is 4.98 Å².